The molecule has 4 amide bonds. The first-order chi connectivity index (χ1) is 28.0. The second-order valence-electron chi connectivity index (χ2n) is 16.6. The second kappa shape index (κ2) is 16.6. The van der Waals surface area contributed by atoms with Crippen LogP contribution in [0, 0.1) is 11.7 Å². The van der Waals surface area contributed by atoms with Crippen molar-refractivity contribution in [1.29, 1.82) is 0 Å². The Morgan fingerprint density at radius 3 is 2.52 bits per heavy atom. The third kappa shape index (κ3) is 9.13. The highest BCUT2D eigenvalue weighted by atomic mass is 32.2. The van der Waals surface area contributed by atoms with Gasteiger partial charge in [0.25, 0.3) is 5.91 Å². The maximum Gasteiger partial charge on any atom is 0.427 e. The highest BCUT2D eigenvalue weighted by molar-refractivity contribution is 7.91. The molecule has 0 radical (unpaired) electrons. The van der Waals surface area contributed by atoms with Crippen molar-refractivity contribution in [3.05, 3.63) is 42.4 Å². The molecule has 4 aliphatic rings. The second-order valence-corrected chi connectivity index (χ2v) is 18.8. The van der Waals surface area contributed by atoms with E-state index in [0.29, 0.717) is 44.9 Å². The molecule has 2 aliphatic heterocycles. The Hall–Kier alpha value is -4.72. The summed E-state index contributed by atoms with van der Waals surface area (Å²) in [6.45, 7) is 7.72. The molecule has 15 nitrogen and oxygen atoms in total. The van der Waals surface area contributed by atoms with Crippen molar-refractivity contribution in [3.63, 3.8) is 0 Å². The number of fused-ring (bicyclic) bond motifs is 3. The first-order valence-corrected chi connectivity index (χ1v) is 21.5. The zero-order valence-electron chi connectivity index (χ0n) is 34.2. The number of alkyl carbamates (subject to hydrolysis) is 1. The zero-order valence-corrected chi connectivity index (χ0v) is 35.0. The number of amides is 4. The molecule has 330 valence electrons. The molecule has 2 aliphatic carbocycles. The topological polar surface area (TPSA) is 192 Å². The summed E-state index contributed by atoms with van der Waals surface area (Å²) >= 11 is 0. The van der Waals surface area contributed by atoms with E-state index in [9.17, 15) is 40.8 Å². The molecule has 3 N–H and O–H groups in total. The van der Waals surface area contributed by atoms with E-state index in [1.54, 1.807) is 39.0 Å². The smallest absolute Gasteiger partial charge is 0.427 e. The van der Waals surface area contributed by atoms with Crippen molar-refractivity contribution in [3.8, 4) is 11.6 Å². The Morgan fingerprint density at radius 2 is 1.87 bits per heavy atom. The third-order valence-corrected chi connectivity index (χ3v) is 13.8. The normalized spacial score (nSPS) is 28.3. The van der Waals surface area contributed by atoms with E-state index in [1.165, 1.54) is 25.3 Å². The van der Waals surface area contributed by atoms with Crippen LogP contribution in [0.1, 0.15) is 86.5 Å². The Morgan fingerprint density at radius 1 is 1.15 bits per heavy atom. The highest BCUT2D eigenvalue weighted by Gasteiger charge is 2.63. The van der Waals surface area contributed by atoms with E-state index in [-0.39, 0.29) is 49.4 Å². The summed E-state index contributed by atoms with van der Waals surface area (Å²) in [6, 6.07) is 1.11. The first-order valence-electron chi connectivity index (χ1n) is 20.0. The molecule has 3 fully saturated rings. The van der Waals surface area contributed by atoms with E-state index in [1.807, 2.05) is 0 Å². The van der Waals surface area contributed by atoms with Crippen LogP contribution < -0.4 is 24.8 Å². The summed E-state index contributed by atoms with van der Waals surface area (Å²) in [7, 11) is -4.12. The number of nitrogens with one attached hydrogen (secondary N) is 3. The standard InChI is InChI=1S/C40H51F4N5O10S/c1-7-29-31(46-36(53)59-37(4,5)40(42,43)44)34(51)49-21-25(58-33-26-19-27(41)30(56-8-2)17-23(26)13-16-45-33)18-28(49)32(50)47-39(20-24(39)12-10-9-11-22(3)57-29)35(52)48-60(54,55)38(6)14-15-38/h10,12-13,16-17,19,22,24-25,28-29,31H,7-9,11,14-15,18,20-21H2,1-6H3,(H,46,53)(H,47,50)(H,48,52). The number of halogens is 4. The third-order valence-electron chi connectivity index (χ3n) is 11.7. The van der Waals surface area contributed by atoms with Gasteiger partial charge in [0.2, 0.25) is 33.3 Å². The van der Waals surface area contributed by atoms with E-state index >= 15 is 4.39 Å². The Bertz CT molecular complexity index is 2150. The van der Waals surface area contributed by atoms with Gasteiger partial charge < -0.3 is 34.5 Å². The highest BCUT2D eigenvalue weighted by Crippen LogP contribution is 2.47. The van der Waals surface area contributed by atoms with Crippen LogP contribution in [0.2, 0.25) is 0 Å². The summed E-state index contributed by atoms with van der Waals surface area (Å²) in [4.78, 5) is 61.8. The van der Waals surface area contributed by atoms with E-state index in [2.05, 4.69) is 20.3 Å². The number of alkyl halides is 3. The molecule has 60 heavy (non-hydrogen) atoms. The number of carbonyl (C=O) groups is 4. The molecule has 20 heteroatoms. The van der Waals surface area contributed by atoms with Gasteiger partial charge in [-0.25, -0.2) is 22.6 Å². The molecule has 2 aromatic rings. The fourth-order valence-electron chi connectivity index (χ4n) is 7.41. The van der Waals surface area contributed by atoms with Crippen molar-refractivity contribution in [1.82, 2.24) is 25.2 Å². The molecule has 0 bridgehead atoms. The van der Waals surface area contributed by atoms with Crippen LogP contribution in [0.4, 0.5) is 22.4 Å². The zero-order chi connectivity index (χ0) is 44.0. The van der Waals surface area contributed by atoms with Gasteiger partial charge in [0.15, 0.2) is 11.6 Å². The number of benzene rings is 1. The van der Waals surface area contributed by atoms with Gasteiger partial charge in [0, 0.05) is 23.9 Å². The van der Waals surface area contributed by atoms with Crippen molar-refractivity contribution in [2.45, 2.75) is 139 Å². The summed E-state index contributed by atoms with van der Waals surface area (Å²) in [5.41, 5.74) is -4.67. The molecule has 1 aromatic carbocycles. The minimum absolute atomic E-state index is 0.000816. The predicted molar refractivity (Wildman–Crippen MR) is 208 cm³/mol. The number of pyridine rings is 1. The molecule has 1 aromatic heterocycles. The first kappa shape index (κ1) is 44.8. The van der Waals surface area contributed by atoms with Crippen LogP contribution in [-0.4, -0.2) is 108 Å². The monoisotopic (exact) mass is 869 g/mol. The molecule has 7 unspecified atom stereocenters. The fraction of sp³-hybridized carbons (Fsp3) is 0.625. The number of nitrogens with zero attached hydrogens (tertiary/aromatic N) is 2. The minimum Gasteiger partial charge on any atom is -0.491 e. The van der Waals surface area contributed by atoms with Gasteiger partial charge >= 0.3 is 12.3 Å². The molecule has 3 heterocycles. The van der Waals surface area contributed by atoms with Crippen LogP contribution in [0.15, 0.2) is 36.5 Å². The van der Waals surface area contributed by atoms with Gasteiger partial charge in [0.1, 0.15) is 23.7 Å². The number of rotatable bonds is 10. The number of ether oxygens (including phenoxy) is 4. The fourth-order valence-corrected chi connectivity index (χ4v) is 8.72. The molecule has 1 saturated heterocycles. The number of aromatic nitrogens is 1. The lowest BCUT2D eigenvalue weighted by molar-refractivity contribution is -0.244. The largest absolute Gasteiger partial charge is 0.491 e. The van der Waals surface area contributed by atoms with Crippen molar-refractivity contribution in [2.24, 2.45) is 5.92 Å². The van der Waals surface area contributed by atoms with E-state index < -0.39 is 98.0 Å². The Kier molecular flexibility index (Phi) is 12.4. The molecule has 6 rings (SSSR count). The maximum absolute atomic E-state index is 15.1. The SMILES string of the molecule is CCOc1cc2ccnc(OC3CC4C(=O)NC5(C(=O)NS(=O)(=O)C6(C)CC6)CC5C=CCCC(C)OC(CC)C(NC(=O)OC(C)(C)C(F)(F)F)C(=O)N4C3)c2cc1F. The van der Waals surface area contributed by atoms with Gasteiger partial charge in [-0.15, -0.1) is 0 Å². The number of hydrogen-bond donors (Lipinski definition) is 3. The molecular weight excluding hydrogens is 819 g/mol. The summed E-state index contributed by atoms with van der Waals surface area (Å²) in [5, 5.41) is 5.76. The lowest BCUT2D eigenvalue weighted by Gasteiger charge is -2.35. The average molecular weight is 870 g/mol. The summed E-state index contributed by atoms with van der Waals surface area (Å²) < 4.78 is 106. The number of carbonyl (C=O) groups excluding carboxylic acids is 4. The van der Waals surface area contributed by atoms with E-state index in [0.717, 1.165) is 4.90 Å². The van der Waals surface area contributed by atoms with Crippen molar-refractivity contribution < 1.29 is 64.1 Å². The number of hydrogen-bond acceptors (Lipinski definition) is 11. The van der Waals surface area contributed by atoms with Gasteiger partial charge in [-0.1, -0.05) is 19.1 Å². The van der Waals surface area contributed by atoms with Crippen LogP contribution in [0.3, 0.4) is 0 Å². The lowest BCUT2D eigenvalue weighted by atomic mass is 10.0. The van der Waals surface area contributed by atoms with Crippen LogP contribution in [0.25, 0.3) is 10.8 Å². The maximum atomic E-state index is 15.1. The Labute approximate surface area is 345 Å². The predicted octanol–water partition coefficient (Wildman–Crippen LogP) is 4.96. The van der Waals surface area contributed by atoms with Gasteiger partial charge in [0.05, 0.1) is 30.1 Å². The molecular formula is C40H51F4N5O10S. The van der Waals surface area contributed by atoms with E-state index in [4.69, 9.17) is 18.9 Å². The molecule has 0 spiro atoms. The van der Waals surface area contributed by atoms with Gasteiger partial charge in [-0.3, -0.25) is 19.1 Å². The van der Waals surface area contributed by atoms with Crippen LogP contribution in [0.5, 0.6) is 11.6 Å². The minimum atomic E-state index is -4.97. The number of allylic oxidation sites excluding steroid dienone is 1. The Balaban J connectivity index is 1.37. The van der Waals surface area contributed by atoms with Crippen molar-refractivity contribution in [2.75, 3.05) is 13.2 Å². The lowest BCUT2D eigenvalue weighted by Crippen LogP contribution is -2.61. The number of sulfonamides is 1. The van der Waals surface area contributed by atoms with Gasteiger partial charge in [-0.05, 0) is 96.7 Å². The summed E-state index contributed by atoms with van der Waals surface area (Å²) in [6.07, 6.45) is -3.02. The quantitative estimate of drug-likeness (QED) is 0.216. The van der Waals surface area contributed by atoms with Crippen LogP contribution >= 0.6 is 0 Å². The van der Waals surface area contributed by atoms with Crippen LogP contribution in [-0.2, 0) is 33.9 Å². The summed E-state index contributed by atoms with van der Waals surface area (Å²) in [5.74, 6) is -4.12. The van der Waals surface area contributed by atoms with Crippen molar-refractivity contribution >= 4 is 44.6 Å². The molecule has 2 saturated carbocycles. The van der Waals surface area contributed by atoms with Gasteiger partial charge in [-0.2, -0.15) is 13.2 Å². The molecule has 7 atom stereocenters. The average Bonchev–Trinajstić information content (AvgIpc) is 4.04.